The maximum absolute atomic E-state index is 12.5. The van der Waals surface area contributed by atoms with Gasteiger partial charge in [0.2, 0.25) is 5.91 Å². The van der Waals surface area contributed by atoms with Gasteiger partial charge in [-0.2, -0.15) is 0 Å². The summed E-state index contributed by atoms with van der Waals surface area (Å²) in [7, 11) is 0. The second-order valence-electron chi connectivity index (χ2n) is 9.65. The van der Waals surface area contributed by atoms with E-state index in [-0.39, 0.29) is 36.7 Å². The molecule has 0 fully saturated rings. The van der Waals surface area contributed by atoms with E-state index >= 15 is 0 Å². The Morgan fingerprint density at radius 1 is 0.943 bits per heavy atom. The molecule has 3 N–H and O–H groups in total. The molecule has 188 valence electrons. The van der Waals surface area contributed by atoms with Crippen molar-refractivity contribution in [2.24, 2.45) is 17.8 Å². The van der Waals surface area contributed by atoms with Gasteiger partial charge in [-0.3, -0.25) is 9.59 Å². The number of ether oxygens (including phenoxy) is 1. The summed E-state index contributed by atoms with van der Waals surface area (Å²) in [6.45, 7) is 6.74. The molecule has 7 heteroatoms. The van der Waals surface area contributed by atoms with Crippen molar-refractivity contribution in [3.63, 3.8) is 0 Å². The van der Waals surface area contributed by atoms with Crippen LogP contribution in [0.3, 0.4) is 0 Å². The number of hydrogen-bond acceptors (Lipinski definition) is 4. The van der Waals surface area contributed by atoms with Crippen molar-refractivity contribution in [2.75, 3.05) is 19.7 Å². The molecular weight excluding hydrogens is 444 g/mol. The number of hydrogen-bond donors (Lipinski definition) is 3. The molecular formula is C28H36N2O5. The van der Waals surface area contributed by atoms with Crippen LogP contribution in [0.2, 0.25) is 0 Å². The molecule has 0 aliphatic heterocycles. The quantitative estimate of drug-likeness (QED) is 0.378. The zero-order valence-electron chi connectivity index (χ0n) is 20.8. The van der Waals surface area contributed by atoms with Crippen molar-refractivity contribution in [1.29, 1.82) is 0 Å². The van der Waals surface area contributed by atoms with Crippen LogP contribution in [-0.2, 0) is 14.3 Å². The first-order valence-electron chi connectivity index (χ1n) is 12.4. The molecule has 2 atom stereocenters. The van der Waals surface area contributed by atoms with E-state index in [9.17, 15) is 14.4 Å². The predicted molar refractivity (Wildman–Crippen MR) is 135 cm³/mol. The largest absolute Gasteiger partial charge is 0.481 e. The average Bonchev–Trinajstić information content (AvgIpc) is 3.16. The molecule has 0 saturated heterocycles. The minimum atomic E-state index is -0.824. The van der Waals surface area contributed by atoms with Gasteiger partial charge < -0.3 is 20.5 Å². The number of carbonyl (C=O) groups is 3. The van der Waals surface area contributed by atoms with Crippen LogP contribution in [0, 0.1) is 17.8 Å². The number of rotatable bonds is 12. The SMILES string of the molecule is CC(CCCNC(=O)CC(CNC(=O)OCC1c2ccccc2-c2ccccc21)C(C)C)C(=O)O. The molecule has 3 rings (SSSR count). The highest BCUT2D eigenvalue weighted by Gasteiger charge is 2.29. The molecule has 2 aromatic carbocycles. The average molecular weight is 481 g/mol. The fourth-order valence-electron chi connectivity index (χ4n) is 4.48. The van der Waals surface area contributed by atoms with Crippen molar-refractivity contribution in [3.8, 4) is 11.1 Å². The van der Waals surface area contributed by atoms with Gasteiger partial charge in [0.25, 0.3) is 0 Å². The van der Waals surface area contributed by atoms with Gasteiger partial charge in [-0.15, -0.1) is 0 Å². The lowest BCUT2D eigenvalue weighted by Crippen LogP contribution is -2.36. The zero-order chi connectivity index (χ0) is 25.4. The van der Waals surface area contributed by atoms with Gasteiger partial charge in [0, 0.05) is 25.4 Å². The van der Waals surface area contributed by atoms with E-state index in [1.54, 1.807) is 6.92 Å². The number of carbonyl (C=O) groups excluding carboxylic acids is 2. The maximum atomic E-state index is 12.5. The first kappa shape index (κ1) is 26.3. The van der Waals surface area contributed by atoms with E-state index in [2.05, 4.69) is 34.9 Å². The zero-order valence-corrected chi connectivity index (χ0v) is 20.8. The molecule has 0 saturated carbocycles. The molecule has 35 heavy (non-hydrogen) atoms. The van der Waals surface area contributed by atoms with Gasteiger partial charge in [-0.1, -0.05) is 69.3 Å². The number of fused-ring (bicyclic) bond motifs is 3. The van der Waals surface area contributed by atoms with Gasteiger partial charge in [-0.05, 0) is 46.9 Å². The third kappa shape index (κ3) is 7.07. The van der Waals surface area contributed by atoms with E-state index in [0.29, 0.717) is 25.9 Å². The van der Waals surface area contributed by atoms with Crippen LogP contribution in [0.1, 0.15) is 57.1 Å². The Bertz CT molecular complexity index is 990. The van der Waals surface area contributed by atoms with Crippen LogP contribution in [0.15, 0.2) is 48.5 Å². The van der Waals surface area contributed by atoms with Crippen LogP contribution >= 0.6 is 0 Å². The number of benzene rings is 2. The Morgan fingerprint density at radius 3 is 2.11 bits per heavy atom. The van der Waals surface area contributed by atoms with E-state index in [1.807, 2.05) is 38.1 Å². The normalized spacial score (nSPS) is 14.1. The second kappa shape index (κ2) is 12.4. The van der Waals surface area contributed by atoms with Gasteiger partial charge in [-0.25, -0.2) is 4.79 Å². The Kier molecular flexibility index (Phi) is 9.29. The van der Waals surface area contributed by atoms with Crippen LogP contribution < -0.4 is 10.6 Å². The van der Waals surface area contributed by atoms with E-state index in [1.165, 1.54) is 11.1 Å². The van der Waals surface area contributed by atoms with Crippen molar-refractivity contribution in [3.05, 3.63) is 59.7 Å². The van der Waals surface area contributed by atoms with Crippen molar-refractivity contribution in [2.45, 2.75) is 46.0 Å². The van der Waals surface area contributed by atoms with Gasteiger partial charge in [0.15, 0.2) is 0 Å². The lowest BCUT2D eigenvalue weighted by Gasteiger charge is -2.21. The van der Waals surface area contributed by atoms with E-state index in [0.717, 1.165) is 11.1 Å². The standard InChI is InChI=1S/C28H36N2O5/c1-18(2)20(15-26(31)29-14-8-9-19(3)27(32)33)16-30-28(34)35-17-25-23-12-6-4-10-21(23)22-11-5-7-13-24(22)25/h4-7,10-13,18-20,25H,8-9,14-17H2,1-3H3,(H,29,31)(H,30,34)(H,32,33). The van der Waals surface area contributed by atoms with Gasteiger partial charge >= 0.3 is 12.1 Å². The lowest BCUT2D eigenvalue weighted by atomic mass is 9.92. The Balaban J connectivity index is 1.45. The highest BCUT2D eigenvalue weighted by Crippen LogP contribution is 2.44. The summed E-state index contributed by atoms with van der Waals surface area (Å²) in [6.07, 6.45) is 0.937. The Hall–Kier alpha value is -3.35. The molecule has 1 aliphatic rings. The maximum Gasteiger partial charge on any atom is 0.407 e. The summed E-state index contributed by atoms with van der Waals surface area (Å²) < 4.78 is 5.60. The smallest absolute Gasteiger partial charge is 0.407 e. The number of carboxylic acids is 1. The third-order valence-electron chi connectivity index (χ3n) is 6.80. The summed E-state index contributed by atoms with van der Waals surface area (Å²) >= 11 is 0. The predicted octanol–water partition coefficient (Wildman–Crippen LogP) is 4.80. The Morgan fingerprint density at radius 2 is 1.54 bits per heavy atom. The van der Waals surface area contributed by atoms with Crippen LogP contribution in [0.5, 0.6) is 0 Å². The topological polar surface area (TPSA) is 105 Å². The summed E-state index contributed by atoms with van der Waals surface area (Å²) in [5, 5.41) is 14.6. The molecule has 0 heterocycles. The summed E-state index contributed by atoms with van der Waals surface area (Å²) in [4.78, 5) is 35.7. The van der Waals surface area contributed by atoms with Crippen molar-refractivity contribution in [1.82, 2.24) is 10.6 Å². The van der Waals surface area contributed by atoms with Gasteiger partial charge in [0.1, 0.15) is 6.61 Å². The summed E-state index contributed by atoms with van der Waals surface area (Å²) in [6, 6.07) is 16.4. The highest BCUT2D eigenvalue weighted by atomic mass is 16.5. The Labute approximate surface area is 207 Å². The molecule has 0 radical (unpaired) electrons. The molecule has 0 spiro atoms. The first-order valence-corrected chi connectivity index (χ1v) is 12.4. The third-order valence-corrected chi connectivity index (χ3v) is 6.80. The first-order chi connectivity index (χ1) is 16.8. The van der Waals surface area contributed by atoms with Gasteiger partial charge in [0.05, 0.1) is 5.92 Å². The minimum absolute atomic E-state index is 0.00340. The van der Waals surface area contributed by atoms with Crippen LogP contribution in [0.4, 0.5) is 4.79 Å². The minimum Gasteiger partial charge on any atom is -0.481 e. The van der Waals surface area contributed by atoms with Crippen LogP contribution in [-0.4, -0.2) is 42.8 Å². The monoisotopic (exact) mass is 480 g/mol. The van der Waals surface area contributed by atoms with Crippen molar-refractivity contribution < 1.29 is 24.2 Å². The van der Waals surface area contributed by atoms with Crippen molar-refractivity contribution >= 4 is 18.0 Å². The molecule has 7 nitrogen and oxygen atoms in total. The number of amides is 2. The summed E-state index contributed by atoms with van der Waals surface area (Å²) in [5.74, 6) is -1.17. The molecule has 0 aromatic heterocycles. The molecule has 2 aromatic rings. The number of nitrogens with one attached hydrogen (secondary N) is 2. The van der Waals surface area contributed by atoms with E-state index < -0.39 is 18.0 Å². The summed E-state index contributed by atoms with van der Waals surface area (Å²) in [5.41, 5.74) is 4.69. The second-order valence-corrected chi connectivity index (χ2v) is 9.65. The number of alkyl carbamates (subject to hydrolysis) is 1. The fraction of sp³-hybridized carbons (Fsp3) is 0.464. The lowest BCUT2D eigenvalue weighted by molar-refractivity contribution is -0.141. The van der Waals surface area contributed by atoms with E-state index in [4.69, 9.17) is 9.84 Å². The highest BCUT2D eigenvalue weighted by molar-refractivity contribution is 5.79. The molecule has 2 unspecified atom stereocenters. The molecule has 1 aliphatic carbocycles. The number of carboxylic acid groups (broad SMARTS) is 1. The molecule has 0 bridgehead atoms. The fourth-order valence-corrected chi connectivity index (χ4v) is 4.48. The molecule has 2 amide bonds. The number of aliphatic carboxylic acids is 1. The van der Waals surface area contributed by atoms with Crippen LogP contribution in [0.25, 0.3) is 11.1 Å².